The summed E-state index contributed by atoms with van der Waals surface area (Å²) >= 11 is 6.12. The smallest absolute Gasteiger partial charge is 0.224 e. The lowest BCUT2D eigenvalue weighted by Gasteiger charge is -2.21. The monoisotopic (exact) mass is 282 g/mol. The van der Waals surface area contributed by atoms with E-state index in [9.17, 15) is 4.79 Å². The van der Waals surface area contributed by atoms with Gasteiger partial charge in [-0.15, -0.1) is 0 Å². The molecule has 0 saturated heterocycles. The molecule has 19 heavy (non-hydrogen) atoms. The van der Waals surface area contributed by atoms with Crippen molar-refractivity contribution >= 4 is 17.5 Å². The largest absolute Gasteiger partial charge is 0.349 e. The molecular formula is C15H23ClN2O. The van der Waals surface area contributed by atoms with Gasteiger partial charge in [0, 0.05) is 11.6 Å². The van der Waals surface area contributed by atoms with E-state index in [0.29, 0.717) is 17.5 Å². The SMILES string of the molecule is CC(C)CC(CN)C(=O)NC(C)c1ccccc1Cl. The van der Waals surface area contributed by atoms with Crippen LogP contribution in [0.1, 0.15) is 38.8 Å². The Morgan fingerprint density at radius 3 is 2.47 bits per heavy atom. The number of nitrogens with two attached hydrogens (primary N) is 1. The Labute approximate surface area is 120 Å². The fourth-order valence-corrected chi connectivity index (χ4v) is 2.41. The van der Waals surface area contributed by atoms with Gasteiger partial charge in [-0.1, -0.05) is 43.6 Å². The maximum Gasteiger partial charge on any atom is 0.224 e. The molecule has 0 saturated carbocycles. The van der Waals surface area contributed by atoms with Crippen LogP contribution in [0.25, 0.3) is 0 Å². The van der Waals surface area contributed by atoms with E-state index in [1.165, 1.54) is 0 Å². The second-order valence-corrected chi connectivity index (χ2v) is 5.72. The first-order valence-electron chi connectivity index (χ1n) is 6.70. The van der Waals surface area contributed by atoms with E-state index in [1.54, 1.807) is 0 Å². The molecule has 1 aromatic rings. The molecule has 0 radical (unpaired) electrons. The first-order chi connectivity index (χ1) is 8.95. The highest BCUT2D eigenvalue weighted by atomic mass is 35.5. The van der Waals surface area contributed by atoms with Crippen molar-refractivity contribution in [3.63, 3.8) is 0 Å². The number of halogens is 1. The highest BCUT2D eigenvalue weighted by Gasteiger charge is 2.20. The zero-order chi connectivity index (χ0) is 14.4. The second-order valence-electron chi connectivity index (χ2n) is 5.31. The Balaban J connectivity index is 2.68. The number of hydrogen-bond donors (Lipinski definition) is 2. The minimum Gasteiger partial charge on any atom is -0.349 e. The van der Waals surface area contributed by atoms with Gasteiger partial charge in [-0.3, -0.25) is 4.79 Å². The molecule has 4 heteroatoms. The van der Waals surface area contributed by atoms with Crippen molar-refractivity contribution in [1.82, 2.24) is 5.32 Å². The number of amides is 1. The van der Waals surface area contributed by atoms with E-state index >= 15 is 0 Å². The molecule has 2 unspecified atom stereocenters. The maximum absolute atomic E-state index is 12.2. The Bertz CT molecular complexity index is 420. The fraction of sp³-hybridized carbons (Fsp3) is 0.533. The van der Waals surface area contributed by atoms with Crippen molar-refractivity contribution in [2.45, 2.75) is 33.2 Å². The van der Waals surface area contributed by atoms with E-state index < -0.39 is 0 Å². The quantitative estimate of drug-likeness (QED) is 0.842. The molecule has 0 fully saturated rings. The number of nitrogens with one attached hydrogen (secondary N) is 1. The predicted molar refractivity (Wildman–Crippen MR) is 80.0 cm³/mol. The van der Waals surface area contributed by atoms with Crippen LogP contribution >= 0.6 is 11.6 Å². The molecule has 0 heterocycles. The number of carbonyl (C=O) groups excluding carboxylic acids is 1. The van der Waals surface area contributed by atoms with Gasteiger partial charge in [0.25, 0.3) is 0 Å². The van der Waals surface area contributed by atoms with Crippen LogP contribution in [0.4, 0.5) is 0 Å². The highest BCUT2D eigenvalue weighted by Crippen LogP contribution is 2.22. The minimum absolute atomic E-state index is 0.00335. The van der Waals surface area contributed by atoms with E-state index in [4.69, 9.17) is 17.3 Å². The zero-order valence-electron chi connectivity index (χ0n) is 11.8. The number of rotatable bonds is 6. The van der Waals surface area contributed by atoms with Crippen molar-refractivity contribution in [3.8, 4) is 0 Å². The molecule has 0 aliphatic rings. The van der Waals surface area contributed by atoms with Crippen LogP contribution < -0.4 is 11.1 Å². The summed E-state index contributed by atoms with van der Waals surface area (Å²) in [5.41, 5.74) is 6.61. The van der Waals surface area contributed by atoms with Crippen molar-refractivity contribution in [1.29, 1.82) is 0 Å². The summed E-state index contributed by atoms with van der Waals surface area (Å²) in [5, 5.41) is 3.66. The minimum atomic E-state index is -0.134. The summed E-state index contributed by atoms with van der Waals surface area (Å²) in [6, 6.07) is 7.43. The average molecular weight is 283 g/mol. The predicted octanol–water partition coefficient (Wildman–Crippen LogP) is 3.14. The van der Waals surface area contributed by atoms with Crippen LogP contribution in [0.5, 0.6) is 0 Å². The van der Waals surface area contributed by atoms with E-state index in [2.05, 4.69) is 19.2 Å². The normalized spacial score (nSPS) is 14.2. The van der Waals surface area contributed by atoms with E-state index in [0.717, 1.165) is 12.0 Å². The first-order valence-corrected chi connectivity index (χ1v) is 7.08. The second kappa shape index (κ2) is 7.51. The summed E-state index contributed by atoms with van der Waals surface area (Å²) in [5.74, 6) is 0.323. The van der Waals surface area contributed by atoms with Gasteiger partial charge in [0.1, 0.15) is 0 Å². The van der Waals surface area contributed by atoms with Gasteiger partial charge in [-0.25, -0.2) is 0 Å². The lowest BCUT2D eigenvalue weighted by Crippen LogP contribution is -2.37. The van der Waals surface area contributed by atoms with Gasteiger partial charge in [0.05, 0.1) is 12.0 Å². The van der Waals surface area contributed by atoms with Crippen LogP contribution in [0.3, 0.4) is 0 Å². The summed E-state index contributed by atoms with van der Waals surface area (Å²) in [7, 11) is 0. The summed E-state index contributed by atoms with van der Waals surface area (Å²) in [6.07, 6.45) is 0.803. The molecule has 0 spiro atoms. The molecule has 0 aliphatic heterocycles. The third-order valence-electron chi connectivity index (χ3n) is 3.14. The van der Waals surface area contributed by atoms with Crippen LogP contribution in [0, 0.1) is 11.8 Å². The summed E-state index contributed by atoms with van der Waals surface area (Å²) in [6.45, 7) is 6.49. The third-order valence-corrected chi connectivity index (χ3v) is 3.49. The van der Waals surface area contributed by atoms with E-state index in [-0.39, 0.29) is 17.9 Å². The number of benzene rings is 1. The van der Waals surface area contributed by atoms with Crippen LogP contribution in [0.2, 0.25) is 5.02 Å². The molecule has 0 bridgehead atoms. The zero-order valence-corrected chi connectivity index (χ0v) is 12.6. The van der Waals surface area contributed by atoms with Gasteiger partial charge in [-0.05, 0) is 30.9 Å². The lowest BCUT2D eigenvalue weighted by atomic mass is 9.96. The van der Waals surface area contributed by atoms with E-state index in [1.807, 2.05) is 31.2 Å². The lowest BCUT2D eigenvalue weighted by molar-refractivity contribution is -0.125. The van der Waals surface area contributed by atoms with Crippen molar-refractivity contribution in [3.05, 3.63) is 34.9 Å². The third kappa shape index (κ3) is 4.84. The maximum atomic E-state index is 12.2. The Morgan fingerprint density at radius 1 is 1.32 bits per heavy atom. The summed E-state index contributed by atoms with van der Waals surface area (Å²) in [4.78, 5) is 12.2. The molecule has 1 aromatic carbocycles. The number of hydrogen-bond acceptors (Lipinski definition) is 2. The molecular weight excluding hydrogens is 260 g/mol. The van der Waals surface area contributed by atoms with Gasteiger partial charge in [0.2, 0.25) is 5.91 Å². The van der Waals surface area contributed by atoms with Gasteiger partial charge >= 0.3 is 0 Å². The van der Waals surface area contributed by atoms with Crippen LogP contribution in [0.15, 0.2) is 24.3 Å². The first kappa shape index (κ1) is 16.0. The molecule has 3 N–H and O–H groups in total. The standard InChI is InChI=1S/C15H23ClN2O/c1-10(2)8-12(9-17)15(19)18-11(3)13-6-4-5-7-14(13)16/h4-7,10-12H,8-9,17H2,1-3H3,(H,18,19). The Morgan fingerprint density at radius 2 is 1.95 bits per heavy atom. The van der Waals surface area contributed by atoms with Crippen molar-refractivity contribution in [2.75, 3.05) is 6.54 Å². The molecule has 1 rings (SSSR count). The Kier molecular flexibility index (Phi) is 6.32. The van der Waals surface area contributed by atoms with Gasteiger partial charge < -0.3 is 11.1 Å². The molecule has 106 valence electrons. The van der Waals surface area contributed by atoms with Gasteiger partial charge in [0.15, 0.2) is 0 Å². The number of carbonyl (C=O) groups is 1. The molecule has 0 aromatic heterocycles. The molecule has 1 amide bonds. The topological polar surface area (TPSA) is 55.1 Å². The van der Waals surface area contributed by atoms with Crippen molar-refractivity contribution in [2.24, 2.45) is 17.6 Å². The van der Waals surface area contributed by atoms with Crippen LogP contribution in [-0.2, 0) is 4.79 Å². The highest BCUT2D eigenvalue weighted by molar-refractivity contribution is 6.31. The van der Waals surface area contributed by atoms with Crippen LogP contribution in [-0.4, -0.2) is 12.5 Å². The molecule has 0 aliphatic carbocycles. The van der Waals surface area contributed by atoms with Crippen molar-refractivity contribution < 1.29 is 4.79 Å². The average Bonchev–Trinajstić information content (AvgIpc) is 2.35. The Hall–Kier alpha value is -1.06. The molecule has 2 atom stereocenters. The van der Waals surface area contributed by atoms with Gasteiger partial charge in [-0.2, -0.15) is 0 Å². The molecule has 3 nitrogen and oxygen atoms in total. The fourth-order valence-electron chi connectivity index (χ4n) is 2.11. The summed E-state index contributed by atoms with van der Waals surface area (Å²) < 4.78 is 0.